The average Bonchev–Trinajstić information content (AvgIpc) is 2.56. The Morgan fingerprint density at radius 1 is 1.05 bits per heavy atom. The molecule has 0 amide bonds. The number of hydrogen-bond donors (Lipinski definition) is 2. The van der Waals surface area contributed by atoms with Crippen molar-refractivity contribution in [3.8, 4) is 0 Å². The van der Waals surface area contributed by atoms with Crippen molar-refractivity contribution in [3.63, 3.8) is 0 Å². The van der Waals surface area contributed by atoms with Crippen molar-refractivity contribution >= 4 is 29.1 Å². The van der Waals surface area contributed by atoms with Gasteiger partial charge in [-0.2, -0.15) is 5.10 Å². The average molecular weight is 290 g/mol. The van der Waals surface area contributed by atoms with E-state index in [2.05, 4.69) is 20.5 Å². The lowest BCUT2D eigenvalue weighted by Crippen LogP contribution is -2.13. The summed E-state index contributed by atoms with van der Waals surface area (Å²) in [5, 5.41) is 3.98. The maximum Gasteiger partial charge on any atom is 0.293 e. The highest BCUT2D eigenvalue weighted by Crippen LogP contribution is 2.07. The van der Waals surface area contributed by atoms with Crippen molar-refractivity contribution in [1.29, 1.82) is 0 Å². The molecule has 3 aromatic rings. The van der Waals surface area contributed by atoms with E-state index in [1.807, 2.05) is 54.6 Å². The Morgan fingerprint density at radius 3 is 2.68 bits per heavy atom. The molecule has 1 heterocycles. The number of rotatable bonds is 4. The number of aromatic amines is 1. The van der Waals surface area contributed by atoms with Crippen molar-refractivity contribution in [2.45, 2.75) is 0 Å². The number of hydrogen-bond acceptors (Lipinski definition) is 4. The van der Waals surface area contributed by atoms with Crippen LogP contribution >= 0.6 is 0 Å². The van der Waals surface area contributed by atoms with Gasteiger partial charge >= 0.3 is 0 Å². The van der Waals surface area contributed by atoms with E-state index in [9.17, 15) is 4.79 Å². The molecule has 0 atom stereocenters. The summed E-state index contributed by atoms with van der Waals surface area (Å²) in [4.78, 5) is 18.8. The zero-order chi connectivity index (χ0) is 15.2. The van der Waals surface area contributed by atoms with Gasteiger partial charge in [-0.15, -0.1) is 0 Å². The van der Waals surface area contributed by atoms with Gasteiger partial charge < -0.3 is 4.98 Å². The third-order valence-corrected chi connectivity index (χ3v) is 3.02. The minimum atomic E-state index is -0.303. The number of H-pyrrole nitrogens is 1. The van der Waals surface area contributed by atoms with Crippen molar-refractivity contribution < 1.29 is 0 Å². The van der Waals surface area contributed by atoms with Crippen LogP contribution in [0, 0.1) is 0 Å². The minimum Gasteiger partial charge on any atom is -0.317 e. The Hall–Kier alpha value is -3.21. The molecule has 5 heteroatoms. The van der Waals surface area contributed by atoms with Crippen molar-refractivity contribution in [2.24, 2.45) is 5.10 Å². The second-order valence-electron chi connectivity index (χ2n) is 4.59. The monoisotopic (exact) mass is 290 g/mol. The van der Waals surface area contributed by atoms with Crippen LogP contribution in [-0.2, 0) is 0 Å². The lowest BCUT2D eigenvalue weighted by molar-refractivity contribution is 1.17. The number of nitrogens with one attached hydrogen (secondary N) is 2. The molecule has 0 aliphatic heterocycles. The van der Waals surface area contributed by atoms with Crippen LogP contribution in [-0.4, -0.2) is 16.2 Å². The second kappa shape index (κ2) is 6.49. The minimum absolute atomic E-state index is 0.170. The van der Waals surface area contributed by atoms with Gasteiger partial charge in [-0.25, -0.2) is 4.98 Å². The number of allylic oxidation sites excluding steroid dienone is 1. The number of para-hydroxylation sites is 2. The van der Waals surface area contributed by atoms with E-state index in [4.69, 9.17) is 0 Å². The maximum absolute atomic E-state index is 11.8. The molecule has 0 spiro atoms. The van der Waals surface area contributed by atoms with Gasteiger partial charge in [0.15, 0.2) is 0 Å². The van der Waals surface area contributed by atoms with Gasteiger partial charge in [0.1, 0.15) is 0 Å². The highest BCUT2D eigenvalue weighted by atomic mass is 16.1. The third-order valence-electron chi connectivity index (χ3n) is 3.02. The van der Waals surface area contributed by atoms with Gasteiger partial charge in [-0.1, -0.05) is 48.5 Å². The predicted octanol–water partition coefficient (Wildman–Crippen LogP) is 3.03. The van der Waals surface area contributed by atoms with E-state index in [-0.39, 0.29) is 11.4 Å². The van der Waals surface area contributed by atoms with Gasteiger partial charge in [0.25, 0.3) is 5.56 Å². The number of benzene rings is 2. The first-order chi connectivity index (χ1) is 10.8. The standard InChI is InChI=1S/C17H14N4O/c22-17-16(19-14-10-4-5-11-15(14)20-17)21-18-12-6-9-13-7-2-1-3-8-13/h1-12H,(H,19,21)(H,20,22)/b9-6+,18-12+. The molecule has 0 fully saturated rings. The SMILES string of the molecule is O=c1[nH]c2ccccc2nc1N/N=C/C=C/c1ccccc1. The summed E-state index contributed by atoms with van der Waals surface area (Å²) >= 11 is 0. The molecule has 0 saturated heterocycles. The number of nitrogens with zero attached hydrogens (tertiary/aromatic N) is 2. The molecule has 0 radical (unpaired) electrons. The Morgan fingerprint density at radius 2 is 1.82 bits per heavy atom. The van der Waals surface area contributed by atoms with E-state index in [1.54, 1.807) is 18.4 Å². The Bertz CT molecular complexity index is 882. The summed E-state index contributed by atoms with van der Waals surface area (Å²) in [6.07, 6.45) is 5.28. The molecular weight excluding hydrogens is 276 g/mol. The van der Waals surface area contributed by atoms with Crippen molar-refractivity contribution in [1.82, 2.24) is 9.97 Å². The van der Waals surface area contributed by atoms with Crippen LogP contribution in [0.25, 0.3) is 17.1 Å². The van der Waals surface area contributed by atoms with Crippen LogP contribution in [0.4, 0.5) is 5.82 Å². The first-order valence-corrected chi connectivity index (χ1v) is 6.83. The second-order valence-corrected chi connectivity index (χ2v) is 4.59. The maximum atomic E-state index is 11.8. The highest BCUT2D eigenvalue weighted by Gasteiger charge is 2.02. The van der Waals surface area contributed by atoms with Crippen molar-refractivity contribution in [2.75, 3.05) is 5.43 Å². The molecule has 0 bridgehead atoms. The fourth-order valence-corrected chi connectivity index (χ4v) is 1.97. The summed E-state index contributed by atoms with van der Waals surface area (Å²) in [7, 11) is 0. The Kier molecular flexibility index (Phi) is 4.06. The van der Waals surface area contributed by atoms with Crippen LogP contribution in [0.15, 0.2) is 70.6 Å². The molecule has 0 unspecified atom stereocenters. The number of fused-ring (bicyclic) bond motifs is 1. The van der Waals surface area contributed by atoms with Crippen LogP contribution in [0.2, 0.25) is 0 Å². The Labute approximate surface area is 127 Å². The first-order valence-electron chi connectivity index (χ1n) is 6.83. The molecule has 5 nitrogen and oxygen atoms in total. The van der Waals surface area contributed by atoms with Crippen LogP contribution in [0.5, 0.6) is 0 Å². The summed E-state index contributed by atoms with van der Waals surface area (Å²) < 4.78 is 0. The van der Waals surface area contributed by atoms with Gasteiger partial charge in [-0.3, -0.25) is 10.2 Å². The number of anilines is 1. The predicted molar refractivity (Wildman–Crippen MR) is 90.0 cm³/mol. The molecule has 1 aromatic heterocycles. The smallest absolute Gasteiger partial charge is 0.293 e. The van der Waals surface area contributed by atoms with Gasteiger partial charge in [0.05, 0.1) is 11.0 Å². The molecule has 108 valence electrons. The van der Waals surface area contributed by atoms with Crippen LogP contribution in [0.3, 0.4) is 0 Å². The zero-order valence-corrected chi connectivity index (χ0v) is 11.7. The molecular formula is C17H14N4O. The number of hydrazone groups is 1. The lowest BCUT2D eigenvalue weighted by atomic mass is 10.2. The lowest BCUT2D eigenvalue weighted by Gasteiger charge is -2.00. The summed E-state index contributed by atoms with van der Waals surface area (Å²) in [5.41, 5.74) is 4.84. The van der Waals surface area contributed by atoms with E-state index >= 15 is 0 Å². The largest absolute Gasteiger partial charge is 0.317 e. The summed E-state index contributed by atoms with van der Waals surface area (Å²) in [6, 6.07) is 17.2. The third kappa shape index (κ3) is 3.27. The molecule has 2 N–H and O–H groups in total. The fourth-order valence-electron chi connectivity index (χ4n) is 1.97. The zero-order valence-electron chi connectivity index (χ0n) is 11.7. The molecule has 0 saturated carbocycles. The quantitative estimate of drug-likeness (QED) is 0.573. The van der Waals surface area contributed by atoms with Crippen molar-refractivity contribution in [3.05, 3.63) is 76.6 Å². The highest BCUT2D eigenvalue weighted by molar-refractivity contribution is 5.79. The molecule has 2 aromatic carbocycles. The molecule has 0 aliphatic rings. The van der Waals surface area contributed by atoms with Gasteiger partial charge in [0.2, 0.25) is 5.82 Å². The summed E-state index contributed by atoms with van der Waals surface area (Å²) in [5.74, 6) is 0.170. The topological polar surface area (TPSA) is 70.1 Å². The van der Waals surface area contributed by atoms with Crippen LogP contribution in [0.1, 0.15) is 5.56 Å². The van der Waals surface area contributed by atoms with Crippen LogP contribution < -0.4 is 11.0 Å². The van der Waals surface area contributed by atoms with Gasteiger partial charge in [0, 0.05) is 6.21 Å². The van der Waals surface area contributed by atoms with E-state index in [0.29, 0.717) is 11.0 Å². The Balaban J connectivity index is 1.71. The van der Waals surface area contributed by atoms with E-state index < -0.39 is 0 Å². The number of aromatic nitrogens is 2. The molecule has 3 rings (SSSR count). The fraction of sp³-hybridized carbons (Fsp3) is 0. The molecule has 22 heavy (non-hydrogen) atoms. The normalized spacial score (nSPS) is 11.5. The van der Waals surface area contributed by atoms with E-state index in [0.717, 1.165) is 5.56 Å². The van der Waals surface area contributed by atoms with E-state index in [1.165, 1.54) is 0 Å². The van der Waals surface area contributed by atoms with Gasteiger partial charge in [-0.05, 0) is 23.8 Å². The molecule has 0 aliphatic carbocycles. The first kappa shape index (κ1) is 13.8. The summed E-state index contributed by atoms with van der Waals surface area (Å²) in [6.45, 7) is 0.